The second-order valence-corrected chi connectivity index (χ2v) is 9.67. The Balaban J connectivity index is 1.83. The van der Waals surface area contributed by atoms with Crippen molar-refractivity contribution in [3.05, 3.63) is 55.5 Å². The highest BCUT2D eigenvalue weighted by atomic mass is 32.1. The molecule has 0 bridgehead atoms. The topological polar surface area (TPSA) is 73.5 Å². The van der Waals surface area contributed by atoms with Gasteiger partial charge in [-0.05, 0) is 69.4 Å². The minimum atomic E-state index is -0.494. The van der Waals surface area contributed by atoms with Crippen molar-refractivity contribution in [1.82, 2.24) is 14.0 Å². The molecule has 0 radical (unpaired) electrons. The van der Waals surface area contributed by atoms with Crippen LogP contribution in [0.5, 0.6) is 5.75 Å². The Bertz CT molecular complexity index is 1260. The number of amides is 1. The number of piperidine rings is 1. The van der Waals surface area contributed by atoms with Crippen LogP contribution in [0.4, 0.5) is 0 Å². The van der Waals surface area contributed by atoms with Crippen molar-refractivity contribution in [3.63, 3.8) is 0 Å². The minimum absolute atomic E-state index is 0.0690. The van der Waals surface area contributed by atoms with Gasteiger partial charge in [-0.15, -0.1) is 11.3 Å². The van der Waals surface area contributed by atoms with Crippen molar-refractivity contribution in [2.45, 2.75) is 47.1 Å². The zero-order valence-corrected chi connectivity index (χ0v) is 19.8. The van der Waals surface area contributed by atoms with E-state index in [4.69, 9.17) is 4.74 Å². The van der Waals surface area contributed by atoms with Gasteiger partial charge in [0.15, 0.2) is 0 Å². The first-order valence-electron chi connectivity index (χ1n) is 11.1. The van der Waals surface area contributed by atoms with Crippen molar-refractivity contribution in [2.75, 3.05) is 19.7 Å². The summed E-state index contributed by atoms with van der Waals surface area (Å²) in [4.78, 5) is 43.4. The Labute approximate surface area is 190 Å². The average molecular weight is 456 g/mol. The van der Waals surface area contributed by atoms with Crippen LogP contribution < -0.4 is 16.0 Å². The molecule has 1 aliphatic heterocycles. The third-order valence-corrected chi connectivity index (χ3v) is 7.52. The number of hydrogen-bond acceptors (Lipinski definition) is 5. The maximum absolute atomic E-state index is 13.5. The van der Waals surface area contributed by atoms with E-state index < -0.39 is 5.69 Å². The Kier molecular flexibility index (Phi) is 6.24. The first kappa shape index (κ1) is 22.3. The molecule has 0 saturated carbocycles. The molecule has 0 unspecified atom stereocenters. The number of nitrogens with zero attached hydrogens (tertiary/aromatic N) is 3. The van der Waals surface area contributed by atoms with Gasteiger partial charge in [0, 0.05) is 18.0 Å². The van der Waals surface area contributed by atoms with Crippen LogP contribution in [0.3, 0.4) is 0 Å². The molecule has 1 aromatic carbocycles. The second kappa shape index (κ2) is 8.94. The average Bonchev–Trinajstić information content (AvgIpc) is 3.07. The summed E-state index contributed by atoms with van der Waals surface area (Å²) >= 11 is 1.39. The lowest BCUT2D eigenvalue weighted by atomic mass is 9.99. The van der Waals surface area contributed by atoms with Gasteiger partial charge in [0.25, 0.3) is 5.56 Å². The molecule has 3 heterocycles. The Morgan fingerprint density at radius 1 is 1.12 bits per heavy atom. The smallest absolute Gasteiger partial charge is 0.337 e. The molecule has 1 amide bonds. The summed E-state index contributed by atoms with van der Waals surface area (Å²) in [6, 6.07) is 6.88. The fraction of sp³-hybridized carbons (Fsp3) is 0.458. The maximum Gasteiger partial charge on any atom is 0.337 e. The van der Waals surface area contributed by atoms with Gasteiger partial charge in [-0.1, -0.05) is 6.92 Å². The highest BCUT2D eigenvalue weighted by Gasteiger charge is 2.24. The fourth-order valence-electron chi connectivity index (χ4n) is 4.18. The largest absolute Gasteiger partial charge is 0.494 e. The molecule has 8 heteroatoms. The molecule has 1 fully saturated rings. The normalized spacial score (nSPS) is 14.8. The predicted octanol–water partition coefficient (Wildman–Crippen LogP) is 3.49. The Morgan fingerprint density at radius 3 is 2.41 bits per heavy atom. The summed E-state index contributed by atoms with van der Waals surface area (Å²) in [5.74, 6) is 1.20. The molecule has 2 aromatic heterocycles. The molecular weight excluding hydrogens is 426 g/mol. The highest BCUT2D eigenvalue weighted by Crippen LogP contribution is 2.27. The van der Waals surface area contributed by atoms with E-state index in [1.807, 2.05) is 25.7 Å². The van der Waals surface area contributed by atoms with Crippen LogP contribution in [0.2, 0.25) is 0 Å². The molecule has 0 spiro atoms. The SMILES string of the molecule is CCOc1ccc(-n2c(=O)c3c(C)c(C)sc3n(CC(=O)N3CCC(C)CC3)c2=O)cc1. The number of fused-ring (bicyclic) bond motifs is 1. The molecular formula is C24H29N3O4S. The molecule has 7 nitrogen and oxygen atoms in total. The van der Waals surface area contributed by atoms with Crippen molar-refractivity contribution in [1.29, 1.82) is 0 Å². The Hall–Kier alpha value is -2.87. The second-order valence-electron chi connectivity index (χ2n) is 8.46. The fourth-order valence-corrected chi connectivity index (χ4v) is 5.32. The quantitative estimate of drug-likeness (QED) is 0.590. The van der Waals surface area contributed by atoms with E-state index in [0.29, 0.717) is 47.3 Å². The molecule has 3 aromatic rings. The molecule has 0 aliphatic carbocycles. The van der Waals surface area contributed by atoms with Gasteiger partial charge in [0.1, 0.15) is 17.1 Å². The van der Waals surface area contributed by atoms with Crippen molar-refractivity contribution >= 4 is 27.5 Å². The summed E-state index contributed by atoms with van der Waals surface area (Å²) in [5.41, 5.74) is 0.461. The van der Waals surface area contributed by atoms with Gasteiger partial charge in [0.2, 0.25) is 5.91 Å². The van der Waals surface area contributed by atoms with Gasteiger partial charge >= 0.3 is 5.69 Å². The standard InChI is InChI=1S/C24H29N3O4S/c1-5-31-19-8-6-18(7-9-19)27-22(29)21-16(3)17(4)32-23(21)26(24(27)30)14-20(28)25-12-10-15(2)11-13-25/h6-9,15H,5,10-14H2,1-4H3. The predicted molar refractivity (Wildman–Crippen MR) is 127 cm³/mol. The lowest BCUT2D eigenvalue weighted by molar-refractivity contribution is -0.133. The molecule has 4 rings (SSSR count). The molecule has 1 saturated heterocycles. The molecule has 1 aliphatic rings. The minimum Gasteiger partial charge on any atom is -0.494 e. The summed E-state index contributed by atoms with van der Waals surface area (Å²) in [6.07, 6.45) is 1.94. The zero-order valence-electron chi connectivity index (χ0n) is 19.0. The van der Waals surface area contributed by atoms with E-state index in [1.54, 1.807) is 24.3 Å². The van der Waals surface area contributed by atoms with Gasteiger partial charge in [0.05, 0.1) is 17.7 Å². The maximum atomic E-state index is 13.5. The zero-order chi connectivity index (χ0) is 23.0. The number of rotatable bonds is 5. The van der Waals surface area contributed by atoms with Crippen LogP contribution >= 0.6 is 11.3 Å². The van der Waals surface area contributed by atoms with E-state index in [-0.39, 0.29) is 18.0 Å². The van der Waals surface area contributed by atoms with Gasteiger partial charge in [-0.2, -0.15) is 0 Å². The number of aryl methyl sites for hydroxylation is 2. The number of likely N-dealkylation sites (tertiary alicyclic amines) is 1. The van der Waals surface area contributed by atoms with Gasteiger partial charge < -0.3 is 9.64 Å². The first-order chi connectivity index (χ1) is 15.3. The van der Waals surface area contributed by atoms with Crippen molar-refractivity contribution in [3.8, 4) is 11.4 Å². The summed E-state index contributed by atoms with van der Waals surface area (Å²) in [6.45, 7) is 9.79. The highest BCUT2D eigenvalue weighted by molar-refractivity contribution is 7.18. The molecule has 32 heavy (non-hydrogen) atoms. The lowest BCUT2D eigenvalue weighted by Crippen LogP contribution is -2.44. The van der Waals surface area contributed by atoms with Crippen LogP contribution in [0, 0.1) is 19.8 Å². The van der Waals surface area contributed by atoms with Gasteiger partial charge in [-0.25, -0.2) is 9.36 Å². The number of carbonyl (C=O) groups is 1. The van der Waals surface area contributed by atoms with Crippen LogP contribution in [-0.2, 0) is 11.3 Å². The first-order valence-corrected chi connectivity index (χ1v) is 11.9. The lowest BCUT2D eigenvalue weighted by Gasteiger charge is -2.30. The van der Waals surface area contributed by atoms with Gasteiger partial charge in [-0.3, -0.25) is 14.2 Å². The van der Waals surface area contributed by atoms with E-state index in [1.165, 1.54) is 20.5 Å². The summed E-state index contributed by atoms with van der Waals surface area (Å²) in [7, 11) is 0. The monoisotopic (exact) mass is 455 g/mol. The van der Waals surface area contributed by atoms with E-state index >= 15 is 0 Å². The van der Waals surface area contributed by atoms with Crippen LogP contribution in [0.1, 0.15) is 37.1 Å². The molecule has 170 valence electrons. The number of thiophene rings is 1. The van der Waals surface area contributed by atoms with Crippen molar-refractivity contribution in [2.24, 2.45) is 5.92 Å². The molecule has 0 atom stereocenters. The van der Waals surface area contributed by atoms with E-state index in [0.717, 1.165) is 23.3 Å². The number of aromatic nitrogens is 2. The van der Waals surface area contributed by atoms with E-state index in [9.17, 15) is 14.4 Å². The number of benzene rings is 1. The van der Waals surface area contributed by atoms with Crippen LogP contribution in [0.25, 0.3) is 15.9 Å². The third-order valence-electron chi connectivity index (χ3n) is 6.29. The number of hydrogen-bond donors (Lipinski definition) is 0. The number of carbonyl (C=O) groups excluding carboxylic acids is 1. The summed E-state index contributed by atoms with van der Waals surface area (Å²) in [5, 5.41) is 0.501. The van der Waals surface area contributed by atoms with Crippen molar-refractivity contribution < 1.29 is 9.53 Å². The van der Waals surface area contributed by atoms with Crippen LogP contribution in [-0.4, -0.2) is 39.6 Å². The van der Waals surface area contributed by atoms with Crippen LogP contribution in [0.15, 0.2) is 33.9 Å². The summed E-state index contributed by atoms with van der Waals surface area (Å²) < 4.78 is 8.12. The molecule has 0 N–H and O–H groups in total. The number of ether oxygens (including phenoxy) is 1. The Morgan fingerprint density at radius 2 is 1.78 bits per heavy atom. The van der Waals surface area contributed by atoms with E-state index in [2.05, 4.69) is 6.92 Å². The third kappa shape index (κ3) is 3.99.